The maximum atomic E-state index is 12.7. The monoisotopic (exact) mass is 328 g/mol. The molecule has 1 saturated carbocycles. The number of halogens is 1. The van der Waals surface area contributed by atoms with Gasteiger partial charge in [-0.05, 0) is 31.0 Å². The summed E-state index contributed by atoms with van der Waals surface area (Å²) < 4.78 is 31.8. The van der Waals surface area contributed by atoms with Crippen LogP contribution in [-0.4, -0.2) is 32.4 Å². The molecule has 21 heavy (non-hydrogen) atoms. The average molecular weight is 329 g/mol. The molecular weight excluding hydrogens is 312 g/mol. The van der Waals surface area contributed by atoms with E-state index in [1.54, 1.807) is 0 Å². The van der Waals surface area contributed by atoms with Crippen LogP contribution in [-0.2, 0) is 10.0 Å². The number of nitriles is 1. The van der Waals surface area contributed by atoms with Gasteiger partial charge in [0, 0.05) is 6.04 Å². The largest absolute Gasteiger partial charge is 0.495 e. The van der Waals surface area contributed by atoms with Gasteiger partial charge >= 0.3 is 0 Å². The maximum Gasteiger partial charge on any atom is 0.244 e. The van der Waals surface area contributed by atoms with Crippen molar-refractivity contribution >= 4 is 21.6 Å². The van der Waals surface area contributed by atoms with E-state index in [2.05, 4.69) is 0 Å². The van der Waals surface area contributed by atoms with Crippen molar-refractivity contribution < 1.29 is 13.2 Å². The number of benzene rings is 1. The molecule has 2 rings (SSSR count). The van der Waals surface area contributed by atoms with Crippen molar-refractivity contribution in [3.63, 3.8) is 0 Å². The molecular formula is C14H17ClN2O3S. The number of rotatable bonds is 5. The number of ether oxygens (including phenoxy) is 1. The van der Waals surface area contributed by atoms with E-state index in [4.69, 9.17) is 21.6 Å². The minimum absolute atomic E-state index is 0.0930. The predicted octanol–water partition coefficient (Wildman–Crippen LogP) is 2.81. The molecule has 0 unspecified atom stereocenters. The van der Waals surface area contributed by atoms with Gasteiger partial charge in [-0.25, -0.2) is 8.42 Å². The first kappa shape index (κ1) is 16.1. The minimum Gasteiger partial charge on any atom is -0.495 e. The minimum atomic E-state index is -3.72. The Labute approximate surface area is 130 Å². The molecule has 0 bridgehead atoms. The van der Waals surface area contributed by atoms with Gasteiger partial charge in [-0.15, -0.1) is 0 Å². The lowest BCUT2D eigenvalue weighted by Gasteiger charge is -2.25. The second-order valence-corrected chi connectivity index (χ2v) is 7.24. The molecule has 0 spiro atoms. The van der Waals surface area contributed by atoms with Crippen LogP contribution < -0.4 is 4.74 Å². The van der Waals surface area contributed by atoms with E-state index in [0.717, 1.165) is 25.7 Å². The first-order valence-electron chi connectivity index (χ1n) is 6.73. The molecule has 114 valence electrons. The number of sulfonamides is 1. The van der Waals surface area contributed by atoms with Crippen LogP contribution in [0.1, 0.15) is 25.7 Å². The van der Waals surface area contributed by atoms with E-state index in [0.29, 0.717) is 5.75 Å². The zero-order chi connectivity index (χ0) is 15.5. The smallest absolute Gasteiger partial charge is 0.244 e. The van der Waals surface area contributed by atoms with Crippen LogP contribution in [0.15, 0.2) is 23.1 Å². The van der Waals surface area contributed by atoms with Gasteiger partial charge in [-0.3, -0.25) is 0 Å². The van der Waals surface area contributed by atoms with E-state index in [9.17, 15) is 8.42 Å². The summed E-state index contributed by atoms with van der Waals surface area (Å²) in [5, 5.41) is 9.18. The SMILES string of the molecule is COc1ccc(S(=O)(=O)N(CC#N)C2CCCC2)cc1Cl. The second kappa shape index (κ2) is 6.65. The van der Waals surface area contributed by atoms with E-state index < -0.39 is 10.0 Å². The Bertz CT molecular complexity index is 649. The molecule has 0 N–H and O–H groups in total. The standard InChI is InChI=1S/C14H17ClN2O3S/c1-20-14-7-6-12(10-13(14)15)21(18,19)17(9-8-16)11-4-2-3-5-11/h6-7,10-11H,2-5,9H2,1H3. The summed E-state index contributed by atoms with van der Waals surface area (Å²) in [6.45, 7) is -0.142. The molecule has 1 aliphatic carbocycles. The Morgan fingerprint density at radius 1 is 1.43 bits per heavy atom. The molecule has 0 saturated heterocycles. The fourth-order valence-electron chi connectivity index (χ4n) is 2.62. The molecule has 1 aromatic rings. The molecule has 1 aliphatic rings. The van der Waals surface area contributed by atoms with Gasteiger partial charge in [-0.2, -0.15) is 9.57 Å². The van der Waals surface area contributed by atoms with Crippen molar-refractivity contribution in [2.45, 2.75) is 36.6 Å². The van der Waals surface area contributed by atoms with Gasteiger partial charge in [0.05, 0.1) is 23.1 Å². The van der Waals surface area contributed by atoms with Crippen LogP contribution in [0.3, 0.4) is 0 Å². The Kier molecular flexibility index (Phi) is 5.09. The van der Waals surface area contributed by atoms with Gasteiger partial charge in [-0.1, -0.05) is 24.4 Å². The first-order chi connectivity index (χ1) is 10.0. The van der Waals surface area contributed by atoms with E-state index in [-0.39, 0.29) is 22.5 Å². The van der Waals surface area contributed by atoms with Crippen LogP contribution in [0, 0.1) is 11.3 Å². The summed E-state index contributed by atoms with van der Waals surface area (Å²) in [4.78, 5) is 0.0930. The van der Waals surface area contributed by atoms with Crippen LogP contribution in [0.2, 0.25) is 5.02 Å². The highest BCUT2D eigenvalue weighted by Gasteiger charge is 2.33. The van der Waals surface area contributed by atoms with Crippen LogP contribution in [0.25, 0.3) is 0 Å². The predicted molar refractivity (Wildman–Crippen MR) is 79.8 cm³/mol. The van der Waals surface area contributed by atoms with Gasteiger partial charge in [0.1, 0.15) is 12.3 Å². The van der Waals surface area contributed by atoms with Crippen molar-refractivity contribution in [2.75, 3.05) is 13.7 Å². The summed E-state index contributed by atoms with van der Waals surface area (Å²) in [5.41, 5.74) is 0. The second-order valence-electron chi connectivity index (χ2n) is 4.94. The number of hydrogen-bond acceptors (Lipinski definition) is 4. The number of nitrogens with zero attached hydrogens (tertiary/aromatic N) is 2. The van der Waals surface area contributed by atoms with Crippen molar-refractivity contribution in [3.05, 3.63) is 23.2 Å². The Hall–Kier alpha value is -1.29. The Balaban J connectivity index is 2.38. The first-order valence-corrected chi connectivity index (χ1v) is 8.55. The van der Waals surface area contributed by atoms with Crippen LogP contribution in [0.4, 0.5) is 0 Å². The summed E-state index contributed by atoms with van der Waals surface area (Å²) in [5.74, 6) is 0.420. The van der Waals surface area contributed by atoms with E-state index >= 15 is 0 Å². The molecule has 1 fully saturated rings. The maximum absolute atomic E-state index is 12.7. The highest BCUT2D eigenvalue weighted by Crippen LogP contribution is 2.32. The fourth-order valence-corrected chi connectivity index (χ4v) is 4.55. The van der Waals surface area contributed by atoms with Crippen molar-refractivity contribution in [1.82, 2.24) is 4.31 Å². The quantitative estimate of drug-likeness (QED) is 0.779. The highest BCUT2D eigenvalue weighted by atomic mass is 35.5. The Morgan fingerprint density at radius 2 is 2.10 bits per heavy atom. The lowest BCUT2D eigenvalue weighted by atomic mass is 10.2. The molecule has 0 radical (unpaired) electrons. The third-order valence-electron chi connectivity index (χ3n) is 3.69. The van der Waals surface area contributed by atoms with Gasteiger partial charge < -0.3 is 4.74 Å². The van der Waals surface area contributed by atoms with E-state index in [1.165, 1.54) is 29.6 Å². The molecule has 0 atom stereocenters. The van der Waals surface area contributed by atoms with Gasteiger partial charge in [0.2, 0.25) is 10.0 Å². The molecule has 0 amide bonds. The number of methoxy groups -OCH3 is 1. The summed E-state index contributed by atoms with van der Waals surface area (Å²) in [6.07, 6.45) is 3.58. The van der Waals surface area contributed by atoms with Gasteiger partial charge in [0.25, 0.3) is 0 Å². The molecule has 5 nitrogen and oxygen atoms in total. The normalized spacial score (nSPS) is 16.1. The fraction of sp³-hybridized carbons (Fsp3) is 0.500. The van der Waals surface area contributed by atoms with Crippen LogP contribution >= 0.6 is 11.6 Å². The molecule has 0 heterocycles. The molecule has 7 heteroatoms. The van der Waals surface area contributed by atoms with Gasteiger partial charge in [0.15, 0.2) is 0 Å². The van der Waals surface area contributed by atoms with Crippen LogP contribution in [0.5, 0.6) is 5.75 Å². The average Bonchev–Trinajstić information content (AvgIpc) is 2.98. The molecule has 0 aliphatic heterocycles. The summed E-state index contributed by atoms with van der Waals surface area (Å²) in [7, 11) is -2.26. The lowest BCUT2D eigenvalue weighted by Crippen LogP contribution is -2.39. The third kappa shape index (κ3) is 3.31. The zero-order valence-corrected chi connectivity index (χ0v) is 13.3. The zero-order valence-electron chi connectivity index (χ0n) is 11.8. The van der Waals surface area contributed by atoms with Crippen molar-refractivity contribution in [3.8, 4) is 11.8 Å². The topological polar surface area (TPSA) is 70.4 Å². The highest BCUT2D eigenvalue weighted by molar-refractivity contribution is 7.89. The van der Waals surface area contributed by atoms with Crippen molar-refractivity contribution in [1.29, 1.82) is 5.26 Å². The molecule has 1 aromatic carbocycles. The Morgan fingerprint density at radius 3 is 2.62 bits per heavy atom. The third-order valence-corrected chi connectivity index (χ3v) is 5.88. The lowest BCUT2D eigenvalue weighted by molar-refractivity contribution is 0.350. The molecule has 0 aromatic heterocycles. The summed E-state index contributed by atoms with van der Waals surface area (Å²) >= 11 is 6.00. The van der Waals surface area contributed by atoms with E-state index in [1.807, 2.05) is 6.07 Å². The summed E-state index contributed by atoms with van der Waals surface area (Å²) in [6, 6.07) is 6.20. The van der Waals surface area contributed by atoms with Crippen molar-refractivity contribution in [2.24, 2.45) is 0 Å². The number of hydrogen-bond donors (Lipinski definition) is 0.